The van der Waals surface area contributed by atoms with E-state index in [1.807, 2.05) is 11.0 Å². The number of likely N-dealkylation sites (tertiary alicyclic amines) is 1. The van der Waals surface area contributed by atoms with E-state index in [0.717, 1.165) is 52.1 Å². The molecule has 0 aliphatic carbocycles. The second-order valence-electron chi connectivity index (χ2n) is 9.36. The summed E-state index contributed by atoms with van der Waals surface area (Å²) < 4.78 is 1.70. The summed E-state index contributed by atoms with van der Waals surface area (Å²) in [5.41, 5.74) is 3.39. The number of nitrogens with one attached hydrogen (secondary N) is 1. The second kappa shape index (κ2) is 10.8. The van der Waals surface area contributed by atoms with E-state index in [1.165, 1.54) is 0 Å². The Hall–Kier alpha value is -2.64. The van der Waals surface area contributed by atoms with Crippen LogP contribution in [0.4, 0.5) is 5.95 Å². The fourth-order valence-electron chi connectivity index (χ4n) is 4.22. The number of carbonyl (C=O) groups excluding carboxylic acids is 2. The monoisotopic (exact) mass is 444 g/mol. The predicted octanol–water partition coefficient (Wildman–Crippen LogP) is 0.589. The van der Waals surface area contributed by atoms with E-state index in [2.05, 4.69) is 41.1 Å². The van der Waals surface area contributed by atoms with Gasteiger partial charge in [0.1, 0.15) is 6.07 Å². The van der Waals surface area contributed by atoms with Crippen LogP contribution in [0.15, 0.2) is 6.20 Å². The molecule has 10 nitrogen and oxygen atoms in total. The van der Waals surface area contributed by atoms with Crippen LogP contribution in [0.2, 0.25) is 0 Å². The average molecular weight is 445 g/mol. The number of likely N-dealkylation sites (N-methyl/N-ethyl adjacent to an activating group) is 1. The maximum Gasteiger partial charge on any atom is 0.255 e. The highest BCUT2D eigenvalue weighted by Gasteiger charge is 2.31. The average Bonchev–Trinajstić information content (AvgIpc) is 3.13. The predicted molar refractivity (Wildman–Crippen MR) is 121 cm³/mol. The lowest BCUT2D eigenvalue weighted by Crippen LogP contribution is -2.51. The highest BCUT2D eigenvalue weighted by molar-refractivity contribution is 5.80. The third kappa shape index (κ3) is 6.20. The first kappa shape index (κ1) is 24.0. The van der Waals surface area contributed by atoms with Crippen LogP contribution in [0, 0.1) is 23.2 Å². The van der Waals surface area contributed by atoms with Gasteiger partial charge in [-0.05, 0) is 38.9 Å². The third-order valence-electron chi connectivity index (χ3n) is 6.19. The summed E-state index contributed by atoms with van der Waals surface area (Å²) in [6, 6.07) is 2.02. The Bertz CT molecular complexity index is 829. The summed E-state index contributed by atoms with van der Waals surface area (Å²) in [6.07, 6.45) is 3.21. The molecule has 176 valence electrons. The lowest BCUT2D eigenvalue weighted by molar-refractivity contribution is -0.139. The molecule has 0 saturated carbocycles. The number of anilines is 1. The van der Waals surface area contributed by atoms with Gasteiger partial charge in [0.2, 0.25) is 11.9 Å². The minimum Gasteiger partial charge on any atom is -0.340 e. The van der Waals surface area contributed by atoms with Gasteiger partial charge in [0.05, 0.1) is 6.54 Å². The van der Waals surface area contributed by atoms with Gasteiger partial charge in [-0.3, -0.25) is 24.9 Å². The van der Waals surface area contributed by atoms with Crippen LogP contribution in [0.1, 0.15) is 32.4 Å². The molecule has 0 bridgehead atoms. The Morgan fingerprint density at radius 3 is 2.41 bits per heavy atom. The molecule has 0 aromatic carbocycles. The summed E-state index contributed by atoms with van der Waals surface area (Å²) in [4.78, 5) is 36.5. The Morgan fingerprint density at radius 2 is 1.84 bits per heavy atom. The standard InChI is InChI=1S/C22H36N8O2/c1-17(2)14-30(25-22-24-19(13-23)15-27(22)4)20(31)16-28-7-5-18(6-8-28)21(32)29-11-9-26(3)10-12-29/h15,17-18H,5-12,14,16H2,1-4H3,(H,24,25). The zero-order chi connectivity index (χ0) is 23.3. The van der Waals surface area contributed by atoms with E-state index >= 15 is 0 Å². The molecule has 0 unspecified atom stereocenters. The van der Waals surface area contributed by atoms with Gasteiger partial charge in [-0.25, -0.2) is 4.98 Å². The number of nitrogens with zero attached hydrogens (tertiary/aromatic N) is 7. The molecule has 2 fully saturated rings. The fraction of sp³-hybridized carbons (Fsp3) is 0.727. The van der Waals surface area contributed by atoms with Gasteiger partial charge < -0.3 is 14.4 Å². The second-order valence-corrected chi connectivity index (χ2v) is 9.36. The van der Waals surface area contributed by atoms with E-state index < -0.39 is 0 Å². The molecule has 10 heteroatoms. The molecule has 2 aliphatic rings. The summed E-state index contributed by atoms with van der Waals surface area (Å²) in [5.74, 6) is 1.03. The van der Waals surface area contributed by atoms with Gasteiger partial charge in [-0.2, -0.15) is 5.26 Å². The number of nitriles is 1. The maximum absolute atomic E-state index is 13.1. The quantitative estimate of drug-likeness (QED) is 0.614. The van der Waals surface area contributed by atoms with Crippen LogP contribution in [-0.2, 0) is 16.6 Å². The highest BCUT2D eigenvalue weighted by Crippen LogP contribution is 2.21. The molecule has 1 aromatic rings. The van der Waals surface area contributed by atoms with Gasteiger partial charge in [-0.1, -0.05) is 13.8 Å². The van der Waals surface area contributed by atoms with Crippen molar-refractivity contribution in [3.8, 4) is 6.07 Å². The molecule has 1 aromatic heterocycles. The minimum atomic E-state index is -0.0379. The number of carbonyl (C=O) groups is 2. The lowest BCUT2D eigenvalue weighted by atomic mass is 9.95. The Balaban J connectivity index is 1.52. The van der Waals surface area contributed by atoms with E-state index in [0.29, 0.717) is 24.7 Å². The highest BCUT2D eigenvalue weighted by atomic mass is 16.2. The van der Waals surface area contributed by atoms with Crippen molar-refractivity contribution in [1.82, 2.24) is 29.3 Å². The minimum absolute atomic E-state index is 0.0379. The summed E-state index contributed by atoms with van der Waals surface area (Å²) in [6.45, 7) is 9.91. The Labute approximate surface area is 190 Å². The van der Waals surface area contributed by atoms with E-state index in [-0.39, 0.29) is 23.7 Å². The molecule has 0 atom stereocenters. The lowest BCUT2D eigenvalue weighted by Gasteiger charge is -2.37. The van der Waals surface area contributed by atoms with E-state index in [9.17, 15) is 9.59 Å². The Kier molecular flexibility index (Phi) is 8.10. The molecule has 0 radical (unpaired) electrons. The van der Waals surface area contributed by atoms with Crippen LogP contribution < -0.4 is 5.43 Å². The molecular weight excluding hydrogens is 408 g/mol. The number of piperidine rings is 1. The molecule has 32 heavy (non-hydrogen) atoms. The molecule has 3 rings (SSSR count). The normalized spacial score (nSPS) is 18.6. The number of aryl methyl sites for hydroxylation is 1. The molecule has 2 amide bonds. The summed E-state index contributed by atoms with van der Waals surface area (Å²) in [5, 5.41) is 10.7. The van der Waals surface area contributed by atoms with Gasteiger partial charge >= 0.3 is 0 Å². The molecule has 0 spiro atoms. The topological polar surface area (TPSA) is 101 Å². The number of imidazole rings is 1. The van der Waals surface area contributed by atoms with Crippen LogP contribution >= 0.6 is 0 Å². The smallest absolute Gasteiger partial charge is 0.255 e. The SMILES string of the molecule is CC(C)CN(Nc1nc(C#N)cn1C)C(=O)CN1CCC(C(=O)N2CCN(C)CC2)CC1. The first-order valence-electron chi connectivity index (χ1n) is 11.5. The first-order valence-corrected chi connectivity index (χ1v) is 11.5. The van der Waals surface area contributed by atoms with Gasteiger partial charge in [0.15, 0.2) is 5.69 Å². The zero-order valence-corrected chi connectivity index (χ0v) is 19.8. The number of amides is 2. The number of piperazine rings is 1. The van der Waals surface area contributed by atoms with Crippen molar-refractivity contribution in [1.29, 1.82) is 5.26 Å². The van der Waals surface area contributed by atoms with Gasteiger partial charge in [-0.15, -0.1) is 0 Å². The van der Waals surface area contributed by atoms with Crippen molar-refractivity contribution in [3.05, 3.63) is 11.9 Å². The van der Waals surface area contributed by atoms with Crippen molar-refractivity contribution in [2.75, 3.05) is 64.8 Å². The number of hydrogen-bond donors (Lipinski definition) is 1. The summed E-state index contributed by atoms with van der Waals surface area (Å²) >= 11 is 0. The number of aromatic nitrogens is 2. The first-order chi connectivity index (χ1) is 15.3. The summed E-state index contributed by atoms with van der Waals surface area (Å²) in [7, 11) is 3.88. The van der Waals surface area contributed by atoms with Gasteiger partial charge in [0, 0.05) is 51.9 Å². The van der Waals surface area contributed by atoms with Crippen LogP contribution in [0.5, 0.6) is 0 Å². The van der Waals surface area contributed by atoms with E-state index in [4.69, 9.17) is 5.26 Å². The van der Waals surface area contributed by atoms with Crippen molar-refractivity contribution in [3.63, 3.8) is 0 Å². The number of hydrogen-bond acceptors (Lipinski definition) is 7. The van der Waals surface area contributed by atoms with Gasteiger partial charge in [0.25, 0.3) is 5.91 Å². The maximum atomic E-state index is 13.1. The van der Waals surface area contributed by atoms with Crippen molar-refractivity contribution >= 4 is 17.8 Å². The molecular formula is C22H36N8O2. The molecule has 3 heterocycles. The molecule has 1 N–H and O–H groups in total. The zero-order valence-electron chi connectivity index (χ0n) is 19.8. The number of hydrazine groups is 1. The number of rotatable bonds is 7. The van der Waals surface area contributed by atoms with Crippen LogP contribution in [0.25, 0.3) is 0 Å². The van der Waals surface area contributed by atoms with Crippen molar-refractivity contribution in [2.45, 2.75) is 26.7 Å². The van der Waals surface area contributed by atoms with E-state index in [1.54, 1.807) is 22.8 Å². The van der Waals surface area contributed by atoms with Crippen molar-refractivity contribution in [2.24, 2.45) is 18.9 Å². The third-order valence-corrected chi connectivity index (χ3v) is 6.19. The van der Waals surface area contributed by atoms with Crippen LogP contribution in [0.3, 0.4) is 0 Å². The fourth-order valence-corrected chi connectivity index (χ4v) is 4.22. The van der Waals surface area contributed by atoms with Crippen LogP contribution in [-0.4, -0.2) is 100 Å². The largest absolute Gasteiger partial charge is 0.340 e. The molecule has 2 aliphatic heterocycles. The van der Waals surface area contributed by atoms with Crippen molar-refractivity contribution < 1.29 is 9.59 Å². The molecule has 2 saturated heterocycles. The Morgan fingerprint density at radius 1 is 1.19 bits per heavy atom.